The molecule has 1 saturated carbocycles. The van der Waals surface area contributed by atoms with Crippen LogP contribution in [0, 0.1) is 23.7 Å². The number of hydrogen-bond acceptors (Lipinski definition) is 9. The summed E-state index contributed by atoms with van der Waals surface area (Å²) in [6, 6.07) is 20.9. The van der Waals surface area contributed by atoms with Crippen molar-refractivity contribution in [2.24, 2.45) is 23.7 Å². The summed E-state index contributed by atoms with van der Waals surface area (Å²) in [5.41, 5.74) is 0.670. The van der Waals surface area contributed by atoms with Crippen molar-refractivity contribution in [2.75, 3.05) is 21.3 Å². The third kappa shape index (κ3) is 4.28. The number of Topliss-reactive ketones (excluding diaryl/α,β-unsaturated/α-hetero) is 1. The van der Waals surface area contributed by atoms with Crippen molar-refractivity contribution in [1.82, 2.24) is 4.90 Å². The quantitative estimate of drug-likeness (QED) is 0.300. The summed E-state index contributed by atoms with van der Waals surface area (Å²) in [7, 11) is 3.98. The second-order valence-electron chi connectivity index (χ2n) is 12.5. The molecule has 1 N–H and O–H groups in total. The minimum atomic E-state index is -1.57. The number of ether oxygens (including phenoxy) is 3. The van der Waals surface area contributed by atoms with Crippen LogP contribution in [0.15, 0.2) is 90.5 Å². The summed E-state index contributed by atoms with van der Waals surface area (Å²) in [5, 5.41) is 11.7. The lowest BCUT2D eigenvalue weighted by Crippen LogP contribution is -2.59. The van der Waals surface area contributed by atoms with Gasteiger partial charge in [-0.05, 0) is 36.0 Å². The van der Waals surface area contributed by atoms with Crippen LogP contribution in [0.25, 0.3) is 5.57 Å². The van der Waals surface area contributed by atoms with Crippen LogP contribution in [0.2, 0.25) is 0 Å². The molecule has 244 valence electrons. The van der Waals surface area contributed by atoms with Gasteiger partial charge in [-0.1, -0.05) is 72.3 Å². The number of phenolic OH excluding ortho intramolecular Hbond substituents is 1. The summed E-state index contributed by atoms with van der Waals surface area (Å²) < 4.78 is 16.0. The fourth-order valence-corrected chi connectivity index (χ4v) is 8.62. The third-order valence-electron chi connectivity index (χ3n) is 10.6. The molecule has 0 unspecified atom stereocenters. The van der Waals surface area contributed by atoms with Crippen LogP contribution in [0.4, 0.5) is 4.79 Å². The predicted molar refractivity (Wildman–Crippen MR) is 172 cm³/mol. The number of fused-ring (bicyclic) bond motifs is 4. The Kier molecular flexibility index (Phi) is 7.53. The average Bonchev–Trinajstić information content (AvgIpc) is 3.37. The first kappa shape index (κ1) is 31.1. The molecule has 48 heavy (non-hydrogen) atoms. The number of imide groups is 3. The first-order valence-corrected chi connectivity index (χ1v) is 15.7. The van der Waals surface area contributed by atoms with E-state index in [0.717, 1.165) is 7.11 Å². The third-order valence-corrected chi connectivity index (χ3v) is 10.6. The molecule has 10 nitrogen and oxygen atoms in total. The molecule has 1 saturated heterocycles. The number of benzene rings is 3. The van der Waals surface area contributed by atoms with E-state index in [1.807, 2.05) is 18.2 Å². The largest absolute Gasteiger partial charge is 0.507 e. The van der Waals surface area contributed by atoms with Crippen molar-refractivity contribution in [3.63, 3.8) is 0 Å². The van der Waals surface area contributed by atoms with Crippen molar-refractivity contribution in [3.05, 3.63) is 107 Å². The minimum absolute atomic E-state index is 0.0421. The zero-order valence-corrected chi connectivity index (χ0v) is 26.5. The number of allylic oxidation sites excluding steroid dienone is 4. The molecule has 7 rings (SSSR count). The van der Waals surface area contributed by atoms with Crippen molar-refractivity contribution < 1.29 is 43.3 Å². The van der Waals surface area contributed by atoms with Crippen molar-refractivity contribution in [1.29, 1.82) is 0 Å². The SMILES string of the molecule is COC(=O)N1C(=O)[C@H]2[C@H](CC=C3[C@H]2C[C@H]2C(=O)C(c4ccccc4)=CC(=O)[C@@]2(c2ccccc2)[C@H]3c2c(O)cc(OC)cc2OC)C1=O. The molecule has 3 aliphatic carbocycles. The number of phenols is 1. The average molecular weight is 648 g/mol. The highest BCUT2D eigenvalue weighted by Gasteiger charge is 2.67. The number of methoxy groups -OCH3 is 3. The lowest BCUT2D eigenvalue weighted by Gasteiger charge is -2.55. The van der Waals surface area contributed by atoms with E-state index in [1.54, 1.807) is 54.6 Å². The lowest BCUT2D eigenvalue weighted by atomic mass is 9.44. The van der Waals surface area contributed by atoms with E-state index in [9.17, 15) is 24.3 Å². The molecular formula is C38H33NO9. The normalized spacial score (nSPS) is 27.7. The van der Waals surface area contributed by atoms with Crippen LogP contribution in [0.1, 0.15) is 35.4 Å². The fourth-order valence-electron chi connectivity index (χ4n) is 8.62. The standard InChI is InChI=1S/C38H33NO9/c1-46-22-16-28(40)32(29(17-22)47-2)33-23-14-15-24-31(36(44)39(35(24)43)37(45)48-3)26(23)18-27-34(42)25(20-10-6-4-7-11-20)19-30(41)38(27,33)21-12-8-5-9-13-21/h4-14,16-17,19,24,26-27,31,33,40H,15,18H2,1-3H3/t24-,26+,27-,31-,33+,38-/m0/s1. The van der Waals surface area contributed by atoms with Crippen LogP contribution in [-0.4, -0.2) is 60.8 Å². The number of ketones is 2. The van der Waals surface area contributed by atoms with Gasteiger partial charge in [-0.3, -0.25) is 19.2 Å². The number of aromatic hydroxyl groups is 1. The molecule has 3 amide bonds. The number of carbonyl (C=O) groups excluding carboxylic acids is 5. The maximum atomic E-state index is 15.1. The van der Waals surface area contributed by atoms with Gasteiger partial charge in [0.25, 0.3) is 0 Å². The second-order valence-corrected chi connectivity index (χ2v) is 12.5. The highest BCUT2D eigenvalue weighted by molar-refractivity contribution is 6.31. The van der Waals surface area contributed by atoms with Gasteiger partial charge in [0, 0.05) is 35.1 Å². The Morgan fingerprint density at radius 2 is 1.56 bits per heavy atom. The second kappa shape index (κ2) is 11.6. The van der Waals surface area contributed by atoms with Gasteiger partial charge in [-0.2, -0.15) is 4.90 Å². The first-order valence-electron chi connectivity index (χ1n) is 15.7. The van der Waals surface area contributed by atoms with E-state index in [1.165, 1.54) is 26.4 Å². The lowest BCUT2D eigenvalue weighted by molar-refractivity contribution is -0.138. The Labute approximate surface area is 276 Å². The van der Waals surface area contributed by atoms with E-state index in [0.29, 0.717) is 27.3 Å². The Bertz CT molecular complexity index is 1930. The number of amides is 3. The van der Waals surface area contributed by atoms with Crippen LogP contribution in [0.3, 0.4) is 0 Å². The smallest absolute Gasteiger partial charge is 0.423 e. The zero-order valence-electron chi connectivity index (χ0n) is 26.5. The number of carbonyl (C=O) groups is 5. The Hall–Kier alpha value is -5.51. The number of nitrogens with zero attached hydrogens (tertiary/aromatic N) is 1. The van der Waals surface area contributed by atoms with Crippen LogP contribution in [-0.2, 0) is 29.3 Å². The van der Waals surface area contributed by atoms with Gasteiger partial charge >= 0.3 is 6.09 Å². The van der Waals surface area contributed by atoms with Gasteiger partial charge in [-0.15, -0.1) is 0 Å². The molecule has 0 spiro atoms. The van der Waals surface area contributed by atoms with Gasteiger partial charge in [0.05, 0.1) is 38.6 Å². The molecular weight excluding hydrogens is 614 g/mol. The molecule has 10 heteroatoms. The topological polar surface area (TPSA) is 137 Å². The molecule has 3 aromatic carbocycles. The minimum Gasteiger partial charge on any atom is -0.507 e. The van der Waals surface area contributed by atoms with Gasteiger partial charge in [0.15, 0.2) is 11.6 Å². The Morgan fingerprint density at radius 1 is 0.875 bits per heavy atom. The summed E-state index contributed by atoms with van der Waals surface area (Å²) in [5.74, 6) is -6.34. The first-order chi connectivity index (χ1) is 23.2. The van der Waals surface area contributed by atoms with Gasteiger partial charge in [0.2, 0.25) is 11.8 Å². The summed E-state index contributed by atoms with van der Waals surface area (Å²) >= 11 is 0. The highest BCUT2D eigenvalue weighted by Crippen LogP contribution is 2.65. The maximum Gasteiger partial charge on any atom is 0.423 e. The molecule has 0 bridgehead atoms. The summed E-state index contributed by atoms with van der Waals surface area (Å²) in [6.07, 6.45) is 2.31. The molecule has 0 aromatic heterocycles. The molecule has 1 aliphatic heterocycles. The van der Waals surface area contributed by atoms with Crippen molar-refractivity contribution in [2.45, 2.75) is 24.2 Å². The van der Waals surface area contributed by atoms with Gasteiger partial charge < -0.3 is 19.3 Å². The predicted octanol–water partition coefficient (Wildman–Crippen LogP) is 5.00. The van der Waals surface area contributed by atoms with Crippen LogP contribution < -0.4 is 9.47 Å². The summed E-state index contributed by atoms with van der Waals surface area (Å²) in [6.45, 7) is 0. The van der Waals surface area contributed by atoms with E-state index in [-0.39, 0.29) is 47.0 Å². The molecule has 2 fully saturated rings. The molecule has 3 aromatic rings. The van der Waals surface area contributed by atoms with Gasteiger partial charge in [0.1, 0.15) is 17.2 Å². The fraction of sp³-hybridized carbons (Fsp3) is 0.289. The van der Waals surface area contributed by atoms with Crippen molar-refractivity contribution in [3.8, 4) is 17.2 Å². The van der Waals surface area contributed by atoms with Crippen LogP contribution in [0.5, 0.6) is 17.2 Å². The van der Waals surface area contributed by atoms with E-state index in [2.05, 4.69) is 0 Å². The zero-order chi connectivity index (χ0) is 33.9. The number of likely N-dealkylation sites (tertiary alicyclic amines) is 1. The van der Waals surface area contributed by atoms with E-state index < -0.39 is 52.9 Å². The molecule has 0 radical (unpaired) electrons. The van der Waals surface area contributed by atoms with Crippen molar-refractivity contribution >= 4 is 35.0 Å². The summed E-state index contributed by atoms with van der Waals surface area (Å²) in [4.78, 5) is 70.7. The van der Waals surface area contributed by atoms with E-state index >= 15 is 4.79 Å². The highest BCUT2D eigenvalue weighted by atomic mass is 16.5. The number of rotatable bonds is 5. The number of hydrogen-bond donors (Lipinski definition) is 1. The monoisotopic (exact) mass is 647 g/mol. The van der Waals surface area contributed by atoms with Crippen LogP contribution >= 0.6 is 0 Å². The van der Waals surface area contributed by atoms with Gasteiger partial charge in [-0.25, -0.2) is 4.79 Å². The Balaban J connectivity index is 1.54. The maximum absolute atomic E-state index is 15.1. The molecule has 6 atom stereocenters. The van der Waals surface area contributed by atoms with E-state index in [4.69, 9.17) is 14.2 Å². The molecule has 4 aliphatic rings. The molecule has 1 heterocycles. The Morgan fingerprint density at radius 3 is 2.21 bits per heavy atom.